The van der Waals surface area contributed by atoms with Gasteiger partial charge in [0, 0.05) is 32.1 Å². The van der Waals surface area contributed by atoms with Crippen LogP contribution >= 0.6 is 0 Å². The Hall–Kier alpha value is -2.57. The van der Waals surface area contributed by atoms with Crippen LogP contribution in [0.3, 0.4) is 0 Å². The fourth-order valence-electron chi connectivity index (χ4n) is 3.75. The van der Waals surface area contributed by atoms with Crippen LogP contribution in [0.4, 0.5) is 0 Å². The number of rotatable bonds is 5. The van der Waals surface area contributed by atoms with Crippen LogP contribution in [0.15, 0.2) is 29.1 Å². The van der Waals surface area contributed by atoms with E-state index in [1.165, 1.54) is 4.68 Å². The van der Waals surface area contributed by atoms with Crippen LogP contribution in [-0.4, -0.2) is 45.4 Å². The molecule has 3 rings (SSSR count). The summed E-state index contributed by atoms with van der Waals surface area (Å²) in [5.41, 5.74) is 0.846. The Balaban J connectivity index is 1.75. The van der Waals surface area contributed by atoms with E-state index in [0.717, 1.165) is 36.5 Å². The number of carbonyl (C=O) groups is 1. The number of hydrogen-bond donors (Lipinski definition) is 0. The number of likely N-dealkylation sites (tertiary alicyclic amines) is 1. The lowest BCUT2D eigenvalue weighted by Gasteiger charge is -2.32. The monoisotopic (exact) mass is 372 g/mol. The molecule has 1 amide bonds. The quantitative estimate of drug-likeness (QED) is 0.806. The molecule has 1 aliphatic rings. The zero-order valence-corrected chi connectivity index (χ0v) is 16.5. The summed E-state index contributed by atoms with van der Waals surface area (Å²) in [5, 5.41) is 4.47. The molecule has 0 bridgehead atoms. The highest BCUT2D eigenvalue weighted by molar-refractivity contribution is 5.79. The van der Waals surface area contributed by atoms with Gasteiger partial charge in [-0.1, -0.05) is 12.1 Å². The van der Waals surface area contributed by atoms with Gasteiger partial charge >= 0.3 is 5.69 Å². The van der Waals surface area contributed by atoms with E-state index in [-0.39, 0.29) is 23.6 Å². The highest BCUT2D eigenvalue weighted by Gasteiger charge is 2.29. The van der Waals surface area contributed by atoms with Crippen molar-refractivity contribution in [3.05, 3.63) is 46.1 Å². The van der Waals surface area contributed by atoms with E-state index in [1.54, 1.807) is 18.7 Å². The van der Waals surface area contributed by atoms with Crippen LogP contribution in [0, 0.1) is 0 Å². The van der Waals surface area contributed by atoms with Gasteiger partial charge in [-0.2, -0.15) is 5.10 Å². The molecular formula is C20H28N4O3. The van der Waals surface area contributed by atoms with Gasteiger partial charge in [0.2, 0.25) is 5.91 Å². The van der Waals surface area contributed by atoms with E-state index < -0.39 is 0 Å². The van der Waals surface area contributed by atoms with Crippen molar-refractivity contribution in [2.75, 3.05) is 20.2 Å². The van der Waals surface area contributed by atoms with Crippen LogP contribution in [0.2, 0.25) is 0 Å². The molecule has 1 saturated heterocycles. The maximum absolute atomic E-state index is 12.8. The maximum atomic E-state index is 12.8. The van der Waals surface area contributed by atoms with Crippen molar-refractivity contribution in [3.63, 3.8) is 0 Å². The topological polar surface area (TPSA) is 69.4 Å². The third-order valence-corrected chi connectivity index (χ3v) is 5.13. The van der Waals surface area contributed by atoms with Gasteiger partial charge in [-0.05, 0) is 44.4 Å². The van der Waals surface area contributed by atoms with Crippen molar-refractivity contribution < 1.29 is 9.53 Å². The number of piperidine rings is 1. The third kappa shape index (κ3) is 4.07. The molecule has 2 heterocycles. The number of aryl methyl sites for hydroxylation is 1. The summed E-state index contributed by atoms with van der Waals surface area (Å²) in [6, 6.07) is 7.65. The summed E-state index contributed by atoms with van der Waals surface area (Å²) in [4.78, 5) is 27.1. The number of nitrogens with zero attached hydrogens (tertiary/aromatic N) is 4. The van der Waals surface area contributed by atoms with Crippen LogP contribution in [0.1, 0.15) is 50.0 Å². The lowest BCUT2D eigenvalue weighted by molar-refractivity contribution is -0.131. The SMILES string of the molecule is COc1cccc(CC(=O)N2CCCC(c3nn(C)c(=O)n3C(C)C)C2)c1. The number of hydrogen-bond acceptors (Lipinski definition) is 4. The highest BCUT2D eigenvalue weighted by atomic mass is 16.5. The summed E-state index contributed by atoms with van der Waals surface area (Å²) >= 11 is 0. The molecule has 0 radical (unpaired) electrons. The molecule has 7 heteroatoms. The molecule has 0 saturated carbocycles. The standard InChI is InChI=1S/C20H28N4O3/c1-14(2)24-19(21-22(3)20(24)26)16-8-6-10-23(13-16)18(25)12-15-7-5-9-17(11-15)27-4/h5,7,9,11,14,16H,6,8,10,12-13H2,1-4H3. The van der Waals surface area contributed by atoms with Gasteiger partial charge in [0.1, 0.15) is 11.6 Å². The minimum Gasteiger partial charge on any atom is -0.497 e. The van der Waals surface area contributed by atoms with Gasteiger partial charge in [-0.15, -0.1) is 0 Å². The molecule has 1 atom stereocenters. The number of carbonyl (C=O) groups excluding carboxylic acids is 1. The van der Waals surface area contributed by atoms with Crippen LogP contribution < -0.4 is 10.4 Å². The molecule has 1 fully saturated rings. The number of ether oxygens (including phenoxy) is 1. The summed E-state index contributed by atoms with van der Waals surface area (Å²) in [7, 11) is 3.30. The van der Waals surface area contributed by atoms with E-state index in [4.69, 9.17) is 4.74 Å². The first kappa shape index (κ1) is 19.2. The van der Waals surface area contributed by atoms with Crippen molar-refractivity contribution in [2.45, 2.75) is 45.1 Å². The first-order chi connectivity index (χ1) is 12.9. The fraction of sp³-hybridized carbons (Fsp3) is 0.550. The summed E-state index contributed by atoms with van der Waals surface area (Å²) < 4.78 is 8.38. The second kappa shape index (κ2) is 7.98. The Morgan fingerprint density at radius 2 is 2.15 bits per heavy atom. The third-order valence-electron chi connectivity index (χ3n) is 5.13. The van der Waals surface area contributed by atoms with Gasteiger partial charge in [-0.25, -0.2) is 9.48 Å². The molecule has 7 nitrogen and oxygen atoms in total. The van der Waals surface area contributed by atoms with Gasteiger partial charge < -0.3 is 9.64 Å². The zero-order valence-electron chi connectivity index (χ0n) is 16.5. The normalized spacial score (nSPS) is 17.4. The molecule has 146 valence electrons. The van der Waals surface area contributed by atoms with Crippen LogP contribution in [0.25, 0.3) is 0 Å². The second-order valence-corrected chi connectivity index (χ2v) is 7.44. The van der Waals surface area contributed by atoms with E-state index in [9.17, 15) is 9.59 Å². The Bertz CT molecular complexity index is 868. The van der Waals surface area contributed by atoms with Crippen LogP contribution in [0.5, 0.6) is 5.75 Å². The fourth-order valence-corrected chi connectivity index (χ4v) is 3.75. The number of amides is 1. The van der Waals surface area contributed by atoms with E-state index in [1.807, 2.05) is 43.0 Å². The van der Waals surface area contributed by atoms with E-state index in [2.05, 4.69) is 5.10 Å². The number of benzene rings is 1. The van der Waals surface area contributed by atoms with Gasteiger partial charge in [-0.3, -0.25) is 9.36 Å². The number of aromatic nitrogens is 3. The van der Waals surface area contributed by atoms with E-state index in [0.29, 0.717) is 13.0 Å². The summed E-state index contributed by atoms with van der Waals surface area (Å²) in [6.07, 6.45) is 2.20. The lowest BCUT2D eigenvalue weighted by atomic mass is 9.96. The van der Waals surface area contributed by atoms with Crippen LogP contribution in [-0.2, 0) is 18.3 Å². The zero-order chi connectivity index (χ0) is 19.6. The molecule has 1 aliphatic heterocycles. The smallest absolute Gasteiger partial charge is 0.345 e. The van der Waals surface area contributed by atoms with Crippen molar-refractivity contribution in [3.8, 4) is 5.75 Å². The largest absolute Gasteiger partial charge is 0.497 e. The predicted molar refractivity (Wildman–Crippen MR) is 103 cm³/mol. The first-order valence-corrected chi connectivity index (χ1v) is 9.46. The maximum Gasteiger partial charge on any atom is 0.345 e. The van der Waals surface area contributed by atoms with Crippen molar-refractivity contribution >= 4 is 5.91 Å². The Morgan fingerprint density at radius 3 is 2.85 bits per heavy atom. The molecular weight excluding hydrogens is 344 g/mol. The molecule has 27 heavy (non-hydrogen) atoms. The van der Waals surface area contributed by atoms with E-state index >= 15 is 0 Å². The Kier molecular flexibility index (Phi) is 5.68. The predicted octanol–water partition coefficient (Wildman–Crippen LogP) is 2.12. The van der Waals surface area contributed by atoms with Gasteiger partial charge in [0.05, 0.1) is 13.5 Å². The van der Waals surface area contributed by atoms with Crippen molar-refractivity contribution in [1.29, 1.82) is 0 Å². The molecule has 0 spiro atoms. The average Bonchev–Trinajstić information content (AvgIpc) is 2.97. The second-order valence-electron chi connectivity index (χ2n) is 7.44. The highest BCUT2D eigenvalue weighted by Crippen LogP contribution is 2.27. The summed E-state index contributed by atoms with van der Waals surface area (Å²) in [5.74, 6) is 1.73. The van der Waals surface area contributed by atoms with Gasteiger partial charge in [0.25, 0.3) is 0 Å². The number of methoxy groups -OCH3 is 1. The van der Waals surface area contributed by atoms with Gasteiger partial charge in [0.15, 0.2) is 0 Å². The molecule has 0 N–H and O–H groups in total. The lowest BCUT2D eigenvalue weighted by Crippen LogP contribution is -2.41. The summed E-state index contributed by atoms with van der Waals surface area (Å²) in [6.45, 7) is 5.33. The Morgan fingerprint density at radius 1 is 1.37 bits per heavy atom. The Labute approximate surface area is 159 Å². The first-order valence-electron chi connectivity index (χ1n) is 9.46. The van der Waals surface area contributed by atoms with Crippen molar-refractivity contribution in [1.82, 2.24) is 19.2 Å². The minimum atomic E-state index is -0.0974. The molecule has 1 unspecified atom stereocenters. The van der Waals surface area contributed by atoms with Crippen molar-refractivity contribution in [2.24, 2.45) is 7.05 Å². The minimum absolute atomic E-state index is 0.0454. The molecule has 1 aromatic heterocycles. The molecule has 0 aliphatic carbocycles. The average molecular weight is 372 g/mol. The molecule has 2 aromatic rings. The molecule has 1 aromatic carbocycles.